The van der Waals surface area contributed by atoms with Crippen LogP contribution >= 0.6 is 11.6 Å². The van der Waals surface area contributed by atoms with Gasteiger partial charge in [-0.2, -0.15) is 5.10 Å². The molecule has 0 aromatic carbocycles. The Kier molecular flexibility index (Phi) is 1.19. The zero-order valence-corrected chi connectivity index (χ0v) is 6.04. The Morgan fingerprint density at radius 3 is 3.09 bits per heavy atom. The summed E-state index contributed by atoms with van der Waals surface area (Å²) in [6.07, 6.45) is 2.64. The van der Waals surface area contributed by atoms with E-state index < -0.39 is 0 Å². The van der Waals surface area contributed by atoms with Crippen molar-refractivity contribution in [2.75, 3.05) is 0 Å². The molecule has 0 radical (unpaired) electrons. The molecule has 0 fully saturated rings. The highest BCUT2D eigenvalue weighted by Gasteiger charge is 2.04. The maximum absolute atomic E-state index is 11.0. The molecule has 11 heavy (non-hydrogen) atoms. The van der Waals surface area contributed by atoms with Gasteiger partial charge in [-0.05, 0) is 0 Å². The van der Waals surface area contributed by atoms with Crippen molar-refractivity contribution in [1.29, 1.82) is 0 Å². The van der Waals surface area contributed by atoms with E-state index in [9.17, 15) is 4.79 Å². The number of fused-ring (bicyclic) bond motifs is 1. The number of H-pyrrole nitrogens is 1. The monoisotopic (exact) mass is 170 g/mol. The second kappa shape index (κ2) is 2.06. The van der Waals surface area contributed by atoms with Crippen LogP contribution in [0.15, 0.2) is 17.3 Å². The van der Waals surface area contributed by atoms with Gasteiger partial charge < -0.3 is 4.98 Å². The number of aromatic amines is 1. The molecule has 2 aromatic heterocycles. The molecule has 0 unspecified atom stereocenters. The van der Waals surface area contributed by atoms with Crippen LogP contribution in [-0.4, -0.2) is 19.8 Å². The fourth-order valence-electron chi connectivity index (χ4n) is 0.817. The average molecular weight is 171 g/mol. The number of nitrogens with zero attached hydrogens (tertiary/aromatic N) is 3. The first kappa shape index (κ1) is 6.36. The molecular formula is C5H3ClN4O. The summed E-state index contributed by atoms with van der Waals surface area (Å²) in [4.78, 5) is 13.4. The van der Waals surface area contributed by atoms with Crippen LogP contribution in [0, 0.1) is 0 Å². The van der Waals surface area contributed by atoms with Gasteiger partial charge in [-0.15, -0.1) is 9.73 Å². The molecule has 0 amide bonds. The highest BCUT2D eigenvalue weighted by Crippen LogP contribution is 2.09. The molecule has 1 N–H and O–H groups in total. The third kappa shape index (κ3) is 0.813. The Balaban J connectivity index is 3.08. The van der Waals surface area contributed by atoms with Crippen molar-refractivity contribution in [3.05, 3.63) is 27.9 Å². The Morgan fingerprint density at radius 2 is 2.36 bits per heavy atom. The fraction of sp³-hybridized carbons (Fsp3) is 0. The molecule has 0 aliphatic heterocycles. The van der Waals surface area contributed by atoms with Crippen LogP contribution in [-0.2, 0) is 0 Å². The van der Waals surface area contributed by atoms with Gasteiger partial charge in [-0.3, -0.25) is 4.79 Å². The maximum atomic E-state index is 11.0. The summed E-state index contributed by atoms with van der Waals surface area (Å²) in [5, 5.41) is 7.77. The summed E-state index contributed by atoms with van der Waals surface area (Å²) in [7, 11) is 0. The van der Waals surface area contributed by atoms with Gasteiger partial charge in [-0.25, -0.2) is 0 Å². The van der Waals surface area contributed by atoms with Crippen molar-refractivity contribution in [2.45, 2.75) is 0 Å². The Morgan fingerprint density at radius 1 is 1.55 bits per heavy atom. The lowest BCUT2D eigenvalue weighted by atomic mass is 10.5. The third-order valence-electron chi connectivity index (χ3n) is 1.28. The van der Waals surface area contributed by atoms with E-state index in [1.807, 2.05) is 0 Å². The van der Waals surface area contributed by atoms with Crippen molar-refractivity contribution in [3.63, 3.8) is 0 Å². The smallest absolute Gasteiger partial charge is 0.278 e. The predicted molar refractivity (Wildman–Crippen MR) is 38.6 cm³/mol. The second-order valence-corrected chi connectivity index (χ2v) is 2.36. The summed E-state index contributed by atoms with van der Waals surface area (Å²) in [5.41, 5.74) is -0.0170. The van der Waals surface area contributed by atoms with Crippen molar-refractivity contribution in [3.8, 4) is 0 Å². The van der Waals surface area contributed by atoms with Crippen molar-refractivity contribution in [1.82, 2.24) is 19.8 Å². The van der Waals surface area contributed by atoms with Crippen LogP contribution in [0.25, 0.3) is 5.52 Å². The molecule has 2 heterocycles. The fourth-order valence-corrected chi connectivity index (χ4v) is 1.02. The molecule has 5 nitrogen and oxygen atoms in total. The summed E-state index contributed by atoms with van der Waals surface area (Å²) in [6.45, 7) is 0. The lowest BCUT2D eigenvalue weighted by molar-refractivity contribution is 0.773. The van der Waals surface area contributed by atoms with E-state index in [1.165, 1.54) is 17.2 Å². The van der Waals surface area contributed by atoms with Crippen LogP contribution < -0.4 is 5.56 Å². The number of nitrogens with one attached hydrogen (secondary N) is 1. The highest BCUT2D eigenvalue weighted by atomic mass is 35.5. The molecule has 2 rings (SSSR count). The summed E-state index contributed by atoms with van der Waals surface area (Å²) in [6, 6.07) is 0. The second-order valence-electron chi connectivity index (χ2n) is 1.95. The van der Waals surface area contributed by atoms with E-state index in [0.29, 0.717) is 5.02 Å². The van der Waals surface area contributed by atoms with Gasteiger partial charge in [-0.1, -0.05) is 11.6 Å². The topological polar surface area (TPSA) is 63.0 Å². The van der Waals surface area contributed by atoms with E-state index in [0.717, 1.165) is 0 Å². The maximum Gasteiger partial charge on any atom is 0.278 e. The predicted octanol–water partition coefficient (Wildman–Crippen LogP) is 0.0710. The quantitative estimate of drug-likeness (QED) is 0.609. The molecule has 0 aliphatic carbocycles. The average Bonchev–Trinajstić information content (AvgIpc) is 2.34. The van der Waals surface area contributed by atoms with Gasteiger partial charge >= 0.3 is 0 Å². The molecule has 56 valence electrons. The van der Waals surface area contributed by atoms with E-state index in [1.54, 1.807) is 0 Å². The van der Waals surface area contributed by atoms with Gasteiger partial charge in [0.05, 0.1) is 11.2 Å². The van der Waals surface area contributed by atoms with E-state index in [4.69, 9.17) is 11.6 Å². The molecular weight excluding hydrogens is 168 g/mol. The zero-order chi connectivity index (χ0) is 7.84. The normalized spacial score (nSPS) is 10.6. The molecule has 2 aromatic rings. The van der Waals surface area contributed by atoms with Gasteiger partial charge in [0, 0.05) is 0 Å². The zero-order valence-electron chi connectivity index (χ0n) is 5.28. The first-order chi connectivity index (χ1) is 5.29. The number of halogens is 1. The Bertz CT molecular complexity index is 445. The standard InChI is InChI=1S/C5H3ClN4O/c6-3-1-8-10-4(3)5(11)7-2-9-10/h1-2H,(H,7,9,11). The van der Waals surface area contributed by atoms with Crippen LogP contribution in [0.1, 0.15) is 0 Å². The van der Waals surface area contributed by atoms with E-state index in [2.05, 4.69) is 15.2 Å². The van der Waals surface area contributed by atoms with Crippen molar-refractivity contribution in [2.24, 2.45) is 0 Å². The molecule has 0 bridgehead atoms. The third-order valence-corrected chi connectivity index (χ3v) is 1.56. The van der Waals surface area contributed by atoms with Gasteiger partial charge in [0.15, 0.2) is 5.52 Å². The molecule has 0 saturated carbocycles. The Hall–Kier alpha value is -1.36. The van der Waals surface area contributed by atoms with Crippen LogP contribution in [0.5, 0.6) is 0 Å². The molecule has 0 spiro atoms. The van der Waals surface area contributed by atoms with Gasteiger partial charge in [0.2, 0.25) is 0 Å². The molecule has 0 atom stereocenters. The summed E-state index contributed by atoms with van der Waals surface area (Å²) < 4.78 is 1.18. The van der Waals surface area contributed by atoms with E-state index in [-0.39, 0.29) is 11.1 Å². The minimum Gasteiger partial charge on any atom is -0.310 e. The van der Waals surface area contributed by atoms with Crippen LogP contribution in [0.3, 0.4) is 0 Å². The lowest BCUT2D eigenvalue weighted by Gasteiger charge is -1.87. The number of hydrogen-bond donors (Lipinski definition) is 1. The molecule has 0 aliphatic rings. The molecule has 6 heteroatoms. The number of rotatable bonds is 0. The first-order valence-electron chi connectivity index (χ1n) is 2.86. The van der Waals surface area contributed by atoms with Crippen LogP contribution in [0.4, 0.5) is 0 Å². The van der Waals surface area contributed by atoms with Crippen molar-refractivity contribution >= 4 is 17.1 Å². The lowest BCUT2D eigenvalue weighted by Crippen LogP contribution is -2.10. The number of hydrogen-bond acceptors (Lipinski definition) is 3. The van der Waals surface area contributed by atoms with Gasteiger partial charge in [0.1, 0.15) is 6.33 Å². The minimum absolute atomic E-state index is 0.272. The SMILES string of the molecule is O=c1[nH]cnn2ncc(Cl)c12. The van der Waals surface area contributed by atoms with E-state index >= 15 is 0 Å². The first-order valence-corrected chi connectivity index (χ1v) is 3.24. The summed E-state index contributed by atoms with van der Waals surface area (Å²) >= 11 is 5.63. The highest BCUT2D eigenvalue weighted by molar-refractivity contribution is 6.33. The molecule has 0 saturated heterocycles. The van der Waals surface area contributed by atoms with Crippen LogP contribution in [0.2, 0.25) is 5.02 Å². The van der Waals surface area contributed by atoms with Crippen molar-refractivity contribution < 1.29 is 0 Å². The minimum atomic E-state index is -0.289. The summed E-state index contributed by atoms with van der Waals surface area (Å²) in [5.74, 6) is 0. The Labute approximate surface area is 65.6 Å². The largest absolute Gasteiger partial charge is 0.310 e. The number of aromatic nitrogens is 4. The van der Waals surface area contributed by atoms with Gasteiger partial charge in [0.25, 0.3) is 5.56 Å².